The van der Waals surface area contributed by atoms with Gasteiger partial charge in [-0.1, -0.05) is 12.1 Å². The lowest BCUT2D eigenvalue weighted by molar-refractivity contribution is -0.139. The van der Waals surface area contributed by atoms with Gasteiger partial charge in [0.2, 0.25) is 17.7 Å². The van der Waals surface area contributed by atoms with Crippen LogP contribution in [0.25, 0.3) is 0 Å². The molecule has 0 fully saturated rings. The number of halogens is 3. The summed E-state index contributed by atoms with van der Waals surface area (Å²) in [5.41, 5.74) is 0.640. The molecule has 0 atom stereocenters. The molecule has 10 nitrogen and oxygen atoms in total. The second-order valence-electron chi connectivity index (χ2n) is 9.33. The molecule has 2 heterocycles. The van der Waals surface area contributed by atoms with Gasteiger partial charge in [0.25, 0.3) is 5.91 Å². The summed E-state index contributed by atoms with van der Waals surface area (Å²) in [4.78, 5) is 35.9. The van der Waals surface area contributed by atoms with Gasteiger partial charge in [-0.3, -0.25) is 9.59 Å². The molecule has 0 spiro atoms. The number of benzene rings is 2. The van der Waals surface area contributed by atoms with Crippen molar-refractivity contribution in [3.8, 4) is 17.4 Å². The van der Waals surface area contributed by atoms with Crippen molar-refractivity contribution in [3.05, 3.63) is 59.3 Å². The van der Waals surface area contributed by atoms with E-state index in [1.807, 2.05) is 19.0 Å². The normalized spacial score (nSPS) is 13.2. The van der Waals surface area contributed by atoms with Crippen LogP contribution in [0.5, 0.6) is 17.4 Å². The summed E-state index contributed by atoms with van der Waals surface area (Å²) >= 11 is 0. The Balaban J connectivity index is 1.63. The molecule has 0 saturated heterocycles. The topological polar surface area (TPSA) is 109 Å². The number of hydrogen-bond acceptors (Lipinski definition) is 8. The van der Waals surface area contributed by atoms with Crippen LogP contribution in [0.4, 0.5) is 30.5 Å². The highest BCUT2D eigenvalue weighted by molar-refractivity contribution is 5.97. The molecule has 0 radical (unpaired) electrons. The summed E-state index contributed by atoms with van der Waals surface area (Å²) in [6.07, 6.45) is -3.44. The zero-order chi connectivity index (χ0) is 29.0. The van der Waals surface area contributed by atoms with E-state index < -0.39 is 17.6 Å². The van der Waals surface area contributed by atoms with E-state index in [1.165, 1.54) is 30.2 Å². The van der Waals surface area contributed by atoms with Gasteiger partial charge >= 0.3 is 6.18 Å². The third-order valence-electron chi connectivity index (χ3n) is 6.22. The van der Waals surface area contributed by atoms with E-state index in [0.717, 1.165) is 5.56 Å². The number of likely N-dealkylation sites (N-methyl/N-ethyl adjacent to an activating group) is 1. The van der Waals surface area contributed by atoms with Gasteiger partial charge in [0, 0.05) is 38.3 Å². The first-order valence-corrected chi connectivity index (χ1v) is 12.4. The summed E-state index contributed by atoms with van der Waals surface area (Å²) < 4.78 is 52.6. The minimum atomic E-state index is -4.80. The van der Waals surface area contributed by atoms with Crippen LogP contribution in [0.2, 0.25) is 0 Å². The predicted molar refractivity (Wildman–Crippen MR) is 142 cm³/mol. The number of aromatic nitrogens is 2. The second kappa shape index (κ2) is 11.8. The smallest absolute Gasteiger partial charge is 0.423 e. The Kier molecular flexibility index (Phi) is 8.43. The Morgan fingerprint density at radius 2 is 1.93 bits per heavy atom. The molecule has 0 saturated carbocycles. The molecule has 3 aromatic rings. The monoisotopic (exact) mass is 558 g/mol. The van der Waals surface area contributed by atoms with Crippen molar-refractivity contribution in [2.75, 3.05) is 51.6 Å². The number of hydrogen-bond donors (Lipinski definition) is 2. The number of nitrogens with one attached hydrogen (secondary N) is 2. The molecule has 2 aromatic carbocycles. The molecule has 0 aliphatic carbocycles. The van der Waals surface area contributed by atoms with Crippen LogP contribution in [-0.2, 0) is 17.4 Å². The number of fused-ring (bicyclic) bond motifs is 1. The first kappa shape index (κ1) is 28.6. The molecule has 1 aliphatic rings. The maximum atomic E-state index is 13.9. The third kappa shape index (κ3) is 6.42. The van der Waals surface area contributed by atoms with Gasteiger partial charge in [0.1, 0.15) is 11.3 Å². The zero-order valence-corrected chi connectivity index (χ0v) is 22.4. The van der Waals surface area contributed by atoms with Crippen molar-refractivity contribution in [1.82, 2.24) is 20.2 Å². The lowest BCUT2D eigenvalue weighted by Crippen LogP contribution is -2.31. The minimum Gasteiger partial charge on any atom is -0.495 e. The van der Waals surface area contributed by atoms with Crippen LogP contribution in [-0.4, -0.2) is 68.0 Å². The second-order valence-corrected chi connectivity index (χ2v) is 9.33. The third-order valence-corrected chi connectivity index (χ3v) is 6.22. The SMILES string of the molecule is COc1cc(C(=O)NCCN(C)C)ccc1Nc1ncc(C(F)(F)F)c(Oc2cccc3c2N(C)C(=O)CC3)n1. The number of amides is 2. The maximum absolute atomic E-state index is 13.9. The number of alkyl halides is 3. The molecule has 1 aromatic heterocycles. The summed E-state index contributed by atoms with van der Waals surface area (Å²) in [6, 6.07) is 9.50. The Labute approximate surface area is 229 Å². The predicted octanol–water partition coefficient (Wildman–Crippen LogP) is 4.24. The fraction of sp³-hybridized carbons (Fsp3) is 0.333. The molecule has 13 heteroatoms. The first-order chi connectivity index (χ1) is 19.0. The number of para-hydroxylation sites is 1. The number of nitrogens with zero attached hydrogens (tertiary/aromatic N) is 4. The highest BCUT2D eigenvalue weighted by atomic mass is 19.4. The maximum Gasteiger partial charge on any atom is 0.423 e. The van der Waals surface area contributed by atoms with Crippen LogP contribution in [0.1, 0.15) is 27.9 Å². The van der Waals surface area contributed by atoms with Crippen LogP contribution >= 0.6 is 0 Å². The fourth-order valence-corrected chi connectivity index (χ4v) is 4.12. The van der Waals surface area contributed by atoms with Crippen LogP contribution < -0.4 is 25.0 Å². The molecule has 2 N–H and O–H groups in total. The number of methoxy groups -OCH3 is 1. The van der Waals surface area contributed by atoms with Crippen LogP contribution in [0.3, 0.4) is 0 Å². The standard InChI is InChI=1S/C27H29F3N6O4/c1-35(2)13-12-31-24(38)17-8-10-19(21(14-17)39-4)33-26-32-15-18(27(28,29)30)25(34-26)40-20-7-5-6-16-9-11-22(37)36(3)23(16)20/h5-8,10,14-15H,9,11-13H2,1-4H3,(H,31,38)(H,32,33,34). The van der Waals surface area contributed by atoms with E-state index in [-0.39, 0.29) is 29.3 Å². The first-order valence-electron chi connectivity index (χ1n) is 12.4. The zero-order valence-electron chi connectivity index (χ0n) is 22.4. The summed E-state index contributed by atoms with van der Waals surface area (Å²) in [5.74, 6) is -1.09. The quantitative estimate of drug-likeness (QED) is 0.402. The highest BCUT2D eigenvalue weighted by Crippen LogP contribution is 2.42. The number of carbonyl (C=O) groups excluding carboxylic acids is 2. The van der Waals surface area contributed by atoms with E-state index in [4.69, 9.17) is 9.47 Å². The summed E-state index contributed by atoms with van der Waals surface area (Å²) in [7, 11) is 6.72. The van der Waals surface area contributed by atoms with Gasteiger partial charge < -0.3 is 29.9 Å². The number of anilines is 3. The molecule has 0 unspecified atom stereocenters. The van der Waals surface area contributed by atoms with Crippen molar-refractivity contribution in [1.29, 1.82) is 0 Å². The van der Waals surface area contributed by atoms with E-state index >= 15 is 0 Å². The Bertz CT molecular complexity index is 1410. The average molecular weight is 559 g/mol. The van der Waals surface area contributed by atoms with Gasteiger partial charge in [-0.25, -0.2) is 4.98 Å². The van der Waals surface area contributed by atoms with Gasteiger partial charge in [-0.15, -0.1) is 0 Å². The Hall–Kier alpha value is -4.39. The molecule has 2 amide bonds. The molecule has 1 aliphatic heterocycles. The fourth-order valence-electron chi connectivity index (χ4n) is 4.12. The van der Waals surface area contributed by atoms with Crippen molar-refractivity contribution >= 4 is 29.1 Å². The molecular weight excluding hydrogens is 529 g/mol. The molecule has 4 rings (SSSR count). The number of aryl methyl sites for hydroxylation is 1. The highest BCUT2D eigenvalue weighted by Gasteiger charge is 2.37. The molecule has 212 valence electrons. The van der Waals surface area contributed by atoms with Crippen LogP contribution in [0, 0.1) is 0 Å². The average Bonchev–Trinajstić information content (AvgIpc) is 2.90. The molecular formula is C27H29F3N6O4. The van der Waals surface area contributed by atoms with Crippen molar-refractivity contribution < 1.29 is 32.2 Å². The number of rotatable bonds is 9. The van der Waals surface area contributed by atoms with Crippen molar-refractivity contribution in [3.63, 3.8) is 0 Å². The molecule has 40 heavy (non-hydrogen) atoms. The summed E-state index contributed by atoms with van der Waals surface area (Å²) in [5, 5.41) is 5.63. The Morgan fingerprint density at radius 3 is 2.62 bits per heavy atom. The Morgan fingerprint density at radius 1 is 1.15 bits per heavy atom. The van der Waals surface area contributed by atoms with Gasteiger partial charge in [0.15, 0.2) is 5.75 Å². The lowest BCUT2D eigenvalue weighted by Gasteiger charge is -2.27. The van der Waals surface area contributed by atoms with E-state index in [1.54, 1.807) is 25.2 Å². The van der Waals surface area contributed by atoms with Crippen molar-refractivity contribution in [2.24, 2.45) is 0 Å². The van der Waals surface area contributed by atoms with E-state index in [0.29, 0.717) is 49.1 Å². The van der Waals surface area contributed by atoms with E-state index in [2.05, 4.69) is 20.6 Å². The van der Waals surface area contributed by atoms with Gasteiger partial charge in [0.05, 0.1) is 18.5 Å². The van der Waals surface area contributed by atoms with E-state index in [9.17, 15) is 22.8 Å². The van der Waals surface area contributed by atoms with Crippen molar-refractivity contribution in [2.45, 2.75) is 19.0 Å². The van der Waals surface area contributed by atoms with Gasteiger partial charge in [-0.05, 0) is 50.3 Å². The minimum absolute atomic E-state index is 0.0606. The number of ether oxygens (including phenoxy) is 2. The van der Waals surface area contributed by atoms with Crippen LogP contribution in [0.15, 0.2) is 42.6 Å². The summed E-state index contributed by atoms with van der Waals surface area (Å²) in [6.45, 7) is 1.11. The lowest BCUT2D eigenvalue weighted by atomic mass is 10.0. The largest absolute Gasteiger partial charge is 0.495 e. The number of carbonyl (C=O) groups is 2. The molecule has 0 bridgehead atoms. The van der Waals surface area contributed by atoms with Gasteiger partial charge in [-0.2, -0.15) is 18.2 Å².